The quantitative estimate of drug-likeness (QED) is 0.104. The smallest absolute Gasteiger partial charge is 0.341 e. The van der Waals surface area contributed by atoms with E-state index in [4.69, 9.17) is 4.74 Å². The third kappa shape index (κ3) is 7.71. The average molecular weight is 650 g/mol. The summed E-state index contributed by atoms with van der Waals surface area (Å²) in [5.41, 5.74) is 3.97. The minimum Gasteiger partial charge on any atom is -0.465 e. The van der Waals surface area contributed by atoms with Gasteiger partial charge in [-0.25, -0.2) is 4.79 Å². The molecule has 0 spiro atoms. The topological polar surface area (TPSA) is 114 Å². The van der Waals surface area contributed by atoms with Crippen molar-refractivity contribution in [3.05, 3.63) is 142 Å². The number of carbonyl (C=O) groups excluding carboxylic acids is 4. The monoisotopic (exact) mass is 649 g/mol. The zero-order valence-electron chi connectivity index (χ0n) is 25.3. The summed E-state index contributed by atoms with van der Waals surface area (Å²) in [7, 11) is 1.25. The Balaban J connectivity index is 1.41. The molecule has 0 fully saturated rings. The summed E-state index contributed by atoms with van der Waals surface area (Å²) in [5, 5.41) is 8.15. The van der Waals surface area contributed by atoms with E-state index in [9.17, 15) is 19.2 Å². The van der Waals surface area contributed by atoms with Crippen LogP contribution < -0.4 is 16.0 Å². The molecule has 1 aromatic heterocycles. The number of ether oxygens (including phenoxy) is 1. The van der Waals surface area contributed by atoms with Crippen molar-refractivity contribution >= 4 is 63.2 Å². The van der Waals surface area contributed by atoms with E-state index in [2.05, 4.69) is 16.0 Å². The lowest BCUT2D eigenvalue weighted by Gasteiger charge is -2.18. The zero-order chi connectivity index (χ0) is 32.6. The summed E-state index contributed by atoms with van der Waals surface area (Å²) in [6.07, 6.45) is 0. The normalized spacial score (nSPS) is 11.3. The number of esters is 1. The Morgan fingerprint density at radius 1 is 0.717 bits per heavy atom. The minimum absolute atomic E-state index is 0.122. The summed E-state index contributed by atoms with van der Waals surface area (Å²) >= 11 is 2.30. The van der Waals surface area contributed by atoms with E-state index in [0.29, 0.717) is 22.5 Å². The maximum Gasteiger partial charge on any atom is 0.341 e. The van der Waals surface area contributed by atoms with Crippen molar-refractivity contribution in [1.29, 1.82) is 0 Å². The summed E-state index contributed by atoms with van der Waals surface area (Å²) in [5.74, 6) is -1.70. The highest BCUT2D eigenvalue weighted by molar-refractivity contribution is 8.00. The van der Waals surface area contributed by atoms with Crippen LogP contribution in [-0.2, 0) is 9.53 Å². The lowest BCUT2D eigenvalue weighted by atomic mass is 10.1. The van der Waals surface area contributed by atoms with E-state index in [1.165, 1.54) is 18.9 Å². The van der Waals surface area contributed by atoms with Crippen LogP contribution in [-0.4, -0.2) is 30.8 Å². The Morgan fingerprint density at radius 2 is 1.37 bits per heavy atom. The van der Waals surface area contributed by atoms with Gasteiger partial charge in [-0.15, -0.1) is 23.1 Å². The molecule has 10 heteroatoms. The first kappa shape index (κ1) is 32.2. The van der Waals surface area contributed by atoms with Gasteiger partial charge in [0, 0.05) is 21.8 Å². The molecule has 232 valence electrons. The molecule has 0 bridgehead atoms. The molecule has 4 aromatic carbocycles. The third-order valence-corrected chi connectivity index (χ3v) is 9.43. The molecular formula is C36H31N3O5S2. The van der Waals surface area contributed by atoms with Crippen molar-refractivity contribution in [2.24, 2.45) is 0 Å². The van der Waals surface area contributed by atoms with Gasteiger partial charge in [-0.1, -0.05) is 72.3 Å². The lowest BCUT2D eigenvalue weighted by Crippen LogP contribution is -2.20. The van der Waals surface area contributed by atoms with Gasteiger partial charge in [-0.05, 0) is 67.4 Å². The van der Waals surface area contributed by atoms with Crippen molar-refractivity contribution in [3.8, 4) is 0 Å². The van der Waals surface area contributed by atoms with Gasteiger partial charge < -0.3 is 20.7 Å². The van der Waals surface area contributed by atoms with Crippen molar-refractivity contribution in [2.45, 2.75) is 24.0 Å². The van der Waals surface area contributed by atoms with Crippen LogP contribution in [0.2, 0.25) is 0 Å². The molecule has 1 atom stereocenters. The van der Waals surface area contributed by atoms with E-state index >= 15 is 0 Å². The van der Waals surface area contributed by atoms with Gasteiger partial charge in [-0.2, -0.15) is 0 Å². The van der Waals surface area contributed by atoms with Crippen LogP contribution in [0, 0.1) is 13.8 Å². The van der Waals surface area contributed by atoms with Crippen molar-refractivity contribution in [1.82, 2.24) is 0 Å². The van der Waals surface area contributed by atoms with Gasteiger partial charge in [0.2, 0.25) is 5.91 Å². The average Bonchev–Trinajstić information content (AvgIpc) is 3.39. The number of thiophene rings is 1. The van der Waals surface area contributed by atoms with E-state index in [-0.39, 0.29) is 21.3 Å². The van der Waals surface area contributed by atoms with E-state index in [1.807, 2.05) is 79.7 Å². The first-order valence-corrected chi connectivity index (χ1v) is 16.0. The Hall–Kier alpha value is -5.19. The number of hydrogen-bond acceptors (Lipinski definition) is 7. The summed E-state index contributed by atoms with van der Waals surface area (Å²) in [6, 6.07) is 32.8. The molecule has 1 unspecified atom stereocenters. The summed E-state index contributed by atoms with van der Waals surface area (Å²) < 4.78 is 5.02. The van der Waals surface area contributed by atoms with Gasteiger partial charge in [0.15, 0.2) is 0 Å². The number of aryl methyl sites for hydroxylation is 1. The number of nitrogens with one attached hydrogen (secondary N) is 3. The number of benzene rings is 4. The second kappa shape index (κ2) is 14.7. The number of methoxy groups -OCH3 is 1. The second-order valence-electron chi connectivity index (χ2n) is 10.3. The standard InChI is InChI=1S/C36H31N3O5S2/c1-22-12-10-15-25(20-22)32(40)38-27-18-11-19-28(21-27)45-31(24-13-6-4-7-14-24)34(42)39-35-29(36(43)44-3)23(2)30(46-35)33(41)37-26-16-8-5-9-17-26/h4-21,31H,1-3H3,(H,37,41)(H,38,40)(H,39,42). The maximum absolute atomic E-state index is 14.0. The van der Waals surface area contributed by atoms with Crippen LogP contribution in [0.5, 0.6) is 0 Å². The van der Waals surface area contributed by atoms with Crippen LogP contribution in [0.1, 0.15) is 52.3 Å². The van der Waals surface area contributed by atoms with Crippen molar-refractivity contribution in [3.63, 3.8) is 0 Å². The number of anilines is 3. The molecule has 0 radical (unpaired) electrons. The van der Waals surface area contributed by atoms with Gasteiger partial charge in [0.1, 0.15) is 10.3 Å². The molecule has 5 rings (SSSR count). The fourth-order valence-electron chi connectivity index (χ4n) is 4.73. The number of thioether (sulfide) groups is 1. The van der Waals surface area contributed by atoms with E-state index in [0.717, 1.165) is 27.4 Å². The Bertz CT molecular complexity index is 1890. The van der Waals surface area contributed by atoms with E-state index < -0.39 is 23.0 Å². The predicted octanol–water partition coefficient (Wildman–Crippen LogP) is 8.13. The Kier molecular flexibility index (Phi) is 10.3. The highest BCUT2D eigenvalue weighted by Crippen LogP contribution is 2.40. The van der Waals surface area contributed by atoms with Gasteiger partial charge in [0.25, 0.3) is 11.8 Å². The number of carbonyl (C=O) groups is 4. The van der Waals surface area contributed by atoms with Gasteiger partial charge >= 0.3 is 5.97 Å². The largest absolute Gasteiger partial charge is 0.465 e. The Morgan fingerprint density at radius 3 is 2.07 bits per heavy atom. The Labute approximate surface area is 275 Å². The molecule has 46 heavy (non-hydrogen) atoms. The maximum atomic E-state index is 14.0. The fourth-order valence-corrected chi connectivity index (χ4v) is 6.90. The first-order valence-electron chi connectivity index (χ1n) is 14.3. The lowest BCUT2D eigenvalue weighted by molar-refractivity contribution is -0.115. The van der Waals surface area contributed by atoms with Crippen LogP contribution in [0.3, 0.4) is 0 Å². The molecule has 0 aliphatic rings. The van der Waals surface area contributed by atoms with Crippen LogP contribution >= 0.6 is 23.1 Å². The molecule has 3 N–H and O–H groups in total. The molecule has 8 nitrogen and oxygen atoms in total. The van der Waals surface area contributed by atoms with Crippen LogP contribution in [0.25, 0.3) is 0 Å². The molecule has 1 heterocycles. The molecule has 5 aromatic rings. The molecule has 0 aliphatic heterocycles. The molecule has 0 saturated carbocycles. The van der Waals surface area contributed by atoms with Crippen molar-refractivity contribution in [2.75, 3.05) is 23.1 Å². The number of amides is 3. The summed E-state index contributed by atoms with van der Waals surface area (Å²) in [6.45, 7) is 3.58. The van der Waals surface area contributed by atoms with Crippen LogP contribution in [0.4, 0.5) is 16.4 Å². The highest BCUT2D eigenvalue weighted by atomic mass is 32.2. The third-order valence-electron chi connectivity index (χ3n) is 6.98. The van der Waals surface area contributed by atoms with Crippen LogP contribution in [0.15, 0.2) is 114 Å². The molecule has 3 amide bonds. The molecule has 0 aliphatic carbocycles. The summed E-state index contributed by atoms with van der Waals surface area (Å²) in [4.78, 5) is 54.0. The van der Waals surface area contributed by atoms with Gasteiger partial charge in [0.05, 0.1) is 17.6 Å². The highest BCUT2D eigenvalue weighted by Gasteiger charge is 2.29. The fraction of sp³-hybridized carbons (Fsp3) is 0.111. The SMILES string of the molecule is COC(=O)c1c(NC(=O)C(Sc2cccc(NC(=O)c3cccc(C)c3)c2)c2ccccc2)sc(C(=O)Nc2ccccc2)c1C. The molecule has 0 saturated heterocycles. The van der Waals surface area contributed by atoms with E-state index in [1.54, 1.807) is 43.3 Å². The number of para-hydroxylation sites is 1. The molecular weight excluding hydrogens is 619 g/mol. The number of rotatable bonds is 10. The van der Waals surface area contributed by atoms with Gasteiger partial charge in [-0.3, -0.25) is 14.4 Å². The predicted molar refractivity (Wildman–Crippen MR) is 184 cm³/mol. The zero-order valence-corrected chi connectivity index (χ0v) is 27.0. The minimum atomic E-state index is -0.738. The van der Waals surface area contributed by atoms with Crippen molar-refractivity contribution < 1.29 is 23.9 Å². The number of hydrogen-bond donors (Lipinski definition) is 3. The first-order chi connectivity index (χ1) is 22.2. The second-order valence-corrected chi connectivity index (χ2v) is 12.5.